The van der Waals surface area contributed by atoms with Crippen molar-refractivity contribution in [3.8, 4) is 5.75 Å². The molecular weight excluding hydrogens is 124 g/mol. The van der Waals surface area contributed by atoms with Crippen molar-refractivity contribution in [2.75, 3.05) is 0 Å². The van der Waals surface area contributed by atoms with Gasteiger partial charge in [-0.3, -0.25) is 0 Å². The van der Waals surface area contributed by atoms with Crippen molar-refractivity contribution in [1.29, 1.82) is 0 Å². The lowest BCUT2D eigenvalue weighted by atomic mass is 10.1. The molecule has 0 heterocycles. The van der Waals surface area contributed by atoms with E-state index < -0.39 is 0 Å². The second-order valence-electron chi connectivity index (χ2n) is 2.40. The van der Waals surface area contributed by atoms with Gasteiger partial charge in [0.1, 0.15) is 5.75 Å². The van der Waals surface area contributed by atoms with E-state index in [2.05, 4.69) is 6.07 Å². The molecule has 0 aliphatic heterocycles. The predicted molar refractivity (Wildman–Crippen MR) is 41.1 cm³/mol. The van der Waals surface area contributed by atoms with Crippen LogP contribution < -0.4 is 0 Å². The molecule has 1 N–H and O–H groups in total. The first-order chi connectivity index (χ1) is 4.74. The first-order valence-electron chi connectivity index (χ1n) is 3.44. The van der Waals surface area contributed by atoms with Crippen LogP contribution in [0.15, 0.2) is 12.1 Å². The minimum absolute atomic E-state index is 0.285. The third-order valence-corrected chi connectivity index (χ3v) is 1.52. The Hall–Kier alpha value is -0.980. The van der Waals surface area contributed by atoms with Crippen LogP contribution in [0.5, 0.6) is 5.75 Å². The maximum atomic E-state index is 9.18. The summed E-state index contributed by atoms with van der Waals surface area (Å²) in [5.41, 5.74) is 2.12. The molecule has 0 amide bonds. The molecule has 0 atom stereocenters. The highest BCUT2D eigenvalue weighted by atomic mass is 16.3. The molecule has 0 unspecified atom stereocenters. The Morgan fingerprint density at radius 3 is 2.80 bits per heavy atom. The Labute approximate surface area is 61.3 Å². The van der Waals surface area contributed by atoms with E-state index in [0.717, 1.165) is 17.5 Å². The SMILES string of the molecule is CCc1cc(C)c[c]c1O. The third kappa shape index (κ3) is 1.29. The van der Waals surface area contributed by atoms with Crippen LogP contribution in [-0.4, -0.2) is 5.11 Å². The average molecular weight is 135 g/mol. The van der Waals surface area contributed by atoms with Gasteiger partial charge in [-0.1, -0.05) is 13.0 Å². The van der Waals surface area contributed by atoms with Crippen molar-refractivity contribution < 1.29 is 5.11 Å². The maximum absolute atomic E-state index is 9.18. The highest BCUT2D eigenvalue weighted by Crippen LogP contribution is 2.17. The van der Waals surface area contributed by atoms with Crippen LogP contribution in [0, 0.1) is 13.0 Å². The zero-order valence-electron chi connectivity index (χ0n) is 6.31. The van der Waals surface area contributed by atoms with Crippen molar-refractivity contribution in [3.05, 3.63) is 29.3 Å². The monoisotopic (exact) mass is 135 g/mol. The Morgan fingerprint density at radius 2 is 2.30 bits per heavy atom. The number of aromatic hydroxyl groups is 1. The number of aryl methyl sites for hydroxylation is 2. The zero-order valence-corrected chi connectivity index (χ0v) is 6.31. The molecule has 0 spiro atoms. The van der Waals surface area contributed by atoms with Crippen molar-refractivity contribution in [3.63, 3.8) is 0 Å². The number of benzene rings is 1. The highest BCUT2D eigenvalue weighted by Gasteiger charge is 1.96. The van der Waals surface area contributed by atoms with Crippen LogP contribution in [0.3, 0.4) is 0 Å². The minimum Gasteiger partial charge on any atom is -0.507 e. The average Bonchev–Trinajstić information content (AvgIpc) is 1.94. The van der Waals surface area contributed by atoms with Crippen molar-refractivity contribution in [2.45, 2.75) is 20.3 Å². The Bertz CT molecular complexity index is 228. The van der Waals surface area contributed by atoms with Gasteiger partial charge in [0, 0.05) is 6.07 Å². The van der Waals surface area contributed by atoms with E-state index in [9.17, 15) is 5.11 Å². The van der Waals surface area contributed by atoms with Crippen LogP contribution in [0.2, 0.25) is 0 Å². The van der Waals surface area contributed by atoms with Gasteiger partial charge < -0.3 is 5.11 Å². The zero-order chi connectivity index (χ0) is 7.56. The van der Waals surface area contributed by atoms with E-state index in [1.54, 1.807) is 6.07 Å². The van der Waals surface area contributed by atoms with E-state index in [1.165, 1.54) is 0 Å². The highest BCUT2D eigenvalue weighted by molar-refractivity contribution is 5.34. The Balaban J connectivity index is 3.09. The molecule has 1 rings (SSSR count). The lowest BCUT2D eigenvalue weighted by Crippen LogP contribution is -1.82. The molecule has 0 aliphatic carbocycles. The van der Waals surface area contributed by atoms with E-state index >= 15 is 0 Å². The number of hydrogen-bond donors (Lipinski definition) is 1. The number of phenolic OH excluding ortho intramolecular Hbond substituents is 1. The summed E-state index contributed by atoms with van der Waals surface area (Å²) in [6, 6.07) is 6.54. The van der Waals surface area contributed by atoms with Gasteiger partial charge in [0.05, 0.1) is 0 Å². The molecule has 0 fully saturated rings. The first kappa shape index (κ1) is 7.13. The lowest BCUT2D eigenvalue weighted by Gasteiger charge is -2.00. The predicted octanol–water partition coefficient (Wildman–Crippen LogP) is 2.06. The standard InChI is InChI=1S/C9H11O/c1-3-8-6-7(2)4-5-9(8)10/h4,6,10H,3H2,1-2H3. The van der Waals surface area contributed by atoms with Gasteiger partial charge >= 0.3 is 0 Å². The molecule has 0 aromatic heterocycles. The molecule has 0 bridgehead atoms. The Kier molecular flexibility index (Phi) is 1.95. The minimum atomic E-state index is 0.285. The maximum Gasteiger partial charge on any atom is 0.126 e. The van der Waals surface area contributed by atoms with Gasteiger partial charge in [-0.05, 0) is 30.5 Å². The number of rotatable bonds is 1. The second kappa shape index (κ2) is 2.74. The Morgan fingerprint density at radius 1 is 1.60 bits per heavy atom. The van der Waals surface area contributed by atoms with E-state index in [4.69, 9.17) is 0 Å². The summed E-state index contributed by atoms with van der Waals surface area (Å²) in [5, 5.41) is 9.18. The molecule has 53 valence electrons. The van der Waals surface area contributed by atoms with Gasteiger partial charge in [0.25, 0.3) is 0 Å². The van der Waals surface area contributed by atoms with Gasteiger partial charge in [-0.15, -0.1) is 0 Å². The van der Waals surface area contributed by atoms with Crippen LogP contribution in [0.4, 0.5) is 0 Å². The lowest BCUT2D eigenvalue weighted by molar-refractivity contribution is 0.467. The van der Waals surface area contributed by atoms with Crippen LogP contribution in [0.25, 0.3) is 0 Å². The normalized spacial score (nSPS) is 9.80. The summed E-state index contributed by atoms with van der Waals surface area (Å²) in [5.74, 6) is 0.285. The van der Waals surface area contributed by atoms with E-state index in [0.29, 0.717) is 0 Å². The summed E-state index contributed by atoms with van der Waals surface area (Å²) in [6.07, 6.45) is 0.865. The number of phenols is 1. The molecule has 1 heteroatoms. The molecule has 1 aromatic rings. The molecule has 10 heavy (non-hydrogen) atoms. The van der Waals surface area contributed by atoms with Gasteiger partial charge in [-0.2, -0.15) is 0 Å². The molecule has 0 saturated heterocycles. The fraction of sp³-hybridized carbons (Fsp3) is 0.333. The fourth-order valence-corrected chi connectivity index (χ4v) is 0.929. The second-order valence-corrected chi connectivity index (χ2v) is 2.40. The van der Waals surface area contributed by atoms with Crippen molar-refractivity contribution in [2.24, 2.45) is 0 Å². The molecule has 1 nitrogen and oxygen atoms in total. The topological polar surface area (TPSA) is 20.2 Å². The molecular formula is C9H11O. The van der Waals surface area contributed by atoms with Gasteiger partial charge in [0.15, 0.2) is 0 Å². The van der Waals surface area contributed by atoms with E-state index in [1.807, 2.05) is 19.9 Å². The molecule has 1 radical (unpaired) electrons. The van der Waals surface area contributed by atoms with Crippen molar-refractivity contribution in [1.82, 2.24) is 0 Å². The van der Waals surface area contributed by atoms with Gasteiger partial charge in [-0.25, -0.2) is 0 Å². The first-order valence-corrected chi connectivity index (χ1v) is 3.44. The summed E-state index contributed by atoms with van der Waals surface area (Å²) >= 11 is 0. The quantitative estimate of drug-likeness (QED) is 0.625. The van der Waals surface area contributed by atoms with E-state index in [-0.39, 0.29) is 5.75 Å². The fourth-order valence-electron chi connectivity index (χ4n) is 0.929. The summed E-state index contributed by atoms with van der Waals surface area (Å²) in [6.45, 7) is 4.01. The third-order valence-electron chi connectivity index (χ3n) is 1.52. The summed E-state index contributed by atoms with van der Waals surface area (Å²) in [4.78, 5) is 0. The van der Waals surface area contributed by atoms with Crippen LogP contribution in [-0.2, 0) is 6.42 Å². The number of hydrogen-bond acceptors (Lipinski definition) is 1. The largest absolute Gasteiger partial charge is 0.507 e. The summed E-state index contributed by atoms with van der Waals surface area (Å²) in [7, 11) is 0. The molecule has 0 aliphatic rings. The smallest absolute Gasteiger partial charge is 0.126 e. The van der Waals surface area contributed by atoms with Crippen LogP contribution >= 0.6 is 0 Å². The van der Waals surface area contributed by atoms with Crippen molar-refractivity contribution >= 4 is 0 Å². The summed E-state index contributed by atoms with van der Waals surface area (Å²) < 4.78 is 0. The molecule has 1 aromatic carbocycles. The van der Waals surface area contributed by atoms with Crippen LogP contribution in [0.1, 0.15) is 18.1 Å². The van der Waals surface area contributed by atoms with Gasteiger partial charge in [0.2, 0.25) is 0 Å². The molecule has 0 saturated carbocycles.